The highest BCUT2D eigenvalue weighted by atomic mass is 32.1. The average Bonchev–Trinajstić information content (AvgIpc) is 2.80. The highest BCUT2D eigenvalue weighted by Crippen LogP contribution is 2.26. The number of aromatic nitrogens is 2. The zero-order chi connectivity index (χ0) is 13.2. The van der Waals surface area contributed by atoms with Gasteiger partial charge in [-0.3, -0.25) is 4.98 Å². The van der Waals surface area contributed by atoms with Gasteiger partial charge in [-0.15, -0.1) is 0 Å². The highest BCUT2D eigenvalue weighted by Gasteiger charge is 2.03. The van der Waals surface area contributed by atoms with Crippen molar-refractivity contribution in [3.05, 3.63) is 53.3 Å². The summed E-state index contributed by atoms with van der Waals surface area (Å²) in [6.07, 6.45) is 1.90. The first-order valence-corrected chi connectivity index (χ1v) is 7.05. The molecule has 0 aliphatic rings. The first kappa shape index (κ1) is 12.1. The lowest BCUT2D eigenvalue weighted by Gasteiger charge is -2.02. The fourth-order valence-electron chi connectivity index (χ4n) is 1.89. The molecule has 3 nitrogen and oxygen atoms in total. The normalized spacial score (nSPS) is 10.8. The van der Waals surface area contributed by atoms with Crippen LogP contribution < -0.4 is 5.32 Å². The molecule has 2 heterocycles. The van der Waals surface area contributed by atoms with E-state index >= 15 is 0 Å². The molecule has 0 radical (unpaired) electrons. The summed E-state index contributed by atoms with van der Waals surface area (Å²) in [4.78, 5) is 8.88. The number of hydrogen-bond acceptors (Lipinski definition) is 4. The molecule has 0 saturated carbocycles. The van der Waals surface area contributed by atoms with Crippen LogP contribution >= 0.6 is 11.3 Å². The van der Waals surface area contributed by atoms with Crippen molar-refractivity contribution < 1.29 is 0 Å². The molecule has 4 heteroatoms. The molecule has 19 heavy (non-hydrogen) atoms. The van der Waals surface area contributed by atoms with E-state index in [0.717, 1.165) is 22.9 Å². The van der Waals surface area contributed by atoms with E-state index in [1.807, 2.05) is 19.2 Å². The van der Waals surface area contributed by atoms with Crippen molar-refractivity contribution in [2.45, 2.75) is 20.4 Å². The number of aryl methyl sites for hydroxylation is 2. The van der Waals surface area contributed by atoms with Crippen LogP contribution in [0, 0.1) is 13.8 Å². The maximum atomic E-state index is 4.59. The molecular weight excluding hydrogens is 254 g/mol. The van der Waals surface area contributed by atoms with Crippen LogP contribution in [0.5, 0.6) is 0 Å². The molecule has 0 atom stereocenters. The molecule has 1 N–H and O–H groups in total. The van der Waals surface area contributed by atoms with Crippen LogP contribution in [0.25, 0.3) is 10.2 Å². The van der Waals surface area contributed by atoms with Crippen molar-refractivity contribution in [2.75, 3.05) is 5.32 Å². The van der Waals surface area contributed by atoms with E-state index in [-0.39, 0.29) is 0 Å². The number of fused-ring (bicyclic) bond motifs is 1. The van der Waals surface area contributed by atoms with Crippen molar-refractivity contribution >= 4 is 26.7 Å². The zero-order valence-corrected chi connectivity index (χ0v) is 11.8. The lowest BCUT2D eigenvalue weighted by atomic mass is 10.2. The Hall–Kier alpha value is -1.94. The number of pyridine rings is 1. The van der Waals surface area contributed by atoms with Crippen LogP contribution in [0.4, 0.5) is 5.13 Å². The predicted octanol–water partition coefficient (Wildman–Crippen LogP) is 3.92. The topological polar surface area (TPSA) is 37.8 Å². The number of benzene rings is 1. The number of thiazole rings is 1. The number of hydrogen-bond donors (Lipinski definition) is 1. The monoisotopic (exact) mass is 269 g/mol. The van der Waals surface area contributed by atoms with E-state index in [0.29, 0.717) is 0 Å². The van der Waals surface area contributed by atoms with Gasteiger partial charge in [0.05, 0.1) is 10.2 Å². The standard InChI is InChI=1S/C15H15N3S/c1-10-3-6-14-13(7-10)18-15(19-14)17-9-12-5-4-11(2)16-8-12/h3-8H,9H2,1-2H3,(H,17,18). The van der Waals surface area contributed by atoms with E-state index < -0.39 is 0 Å². The number of nitrogens with zero attached hydrogens (tertiary/aromatic N) is 2. The van der Waals surface area contributed by atoms with Gasteiger partial charge in [0.25, 0.3) is 0 Å². The van der Waals surface area contributed by atoms with Gasteiger partial charge in [-0.1, -0.05) is 23.5 Å². The van der Waals surface area contributed by atoms with Crippen LogP contribution in [0.2, 0.25) is 0 Å². The Balaban J connectivity index is 1.76. The fourth-order valence-corrected chi connectivity index (χ4v) is 2.74. The minimum Gasteiger partial charge on any atom is -0.357 e. The summed E-state index contributed by atoms with van der Waals surface area (Å²) < 4.78 is 1.22. The highest BCUT2D eigenvalue weighted by molar-refractivity contribution is 7.22. The van der Waals surface area contributed by atoms with Gasteiger partial charge in [-0.2, -0.15) is 0 Å². The van der Waals surface area contributed by atoms with Crippen LogP contribution in [-0.2, 0) is 6.54 Å². The molecule has 0 unspecified atom stereocenters. The minimum atomic E-state index is 0.756. The lowest BCUT2D eigenvalue weighted by Crippen LogP contribution is -1.99. The quantitative estimate of drug-likeness (QED) is 0.783. The third-order valence-corrected chi connectivity index (χ3v) is 3.95. The molecule has 0 aliphatic carbocycles. The Kier molecular flexibility index (Phi) is 3.17. The molecule has 3 aromatic rings. The van der Waals surface area contributed by atoms with E-state index in [2.05, 4.69) is 46.5 Å². The summed E-state index contributed by atoms with van der Waals surface area (Å²) in [5.41, 5.74) is 4.52. The van der Waals surface area contributed by atoms with Crippen LogP contribution in [-0.4, -0.2) is 9.97 Å². The van der Waals surface area contributed by atoms with Gasteiger partial charge >= 0.3 is 0 Å². The van der Waals surface area contributed by atoms with Crippen LogP contribution in [0.15, 0.2) is 36.5 Å². The molecular formula is C15H15N3S. The van der Waals surface area contributed by atoms with Gasteiger partial charge in [0.15, 0.2) is 5.13 Å². The Morgan fingerprint density at radius 3 is 2.84 bits per heavy atom. The molecule has 0 saturated heterocycles. The fraction of sp³-hybridized carbons (Fsp3) is 0.200. The lowest BCUT2D eigenvalue weighted by molar-refractivity contribution is 1.08. The maximum absolute atomic E-state index is 4.59. The van der Waals surface area contributed by atoms with E-state index in [1.54, 1.807) is 11.3 Å². The van der Waals surface area contributed by atoms with Crippen molar-refractivity contribution in [1.29, 1.82) is 0 Å². The number of anilines is 1. The maximum Gasteiger partial charge on any atom is 0.184 e. The average molecular weight is 269 g/mol. The van der Waals surface area contributed by atoms with Crippen LogP contribution in [0.1, 0.15) is 16.8 Å². The molecule has 0 fully saturated rings. The summed E-state index contributed by atoms with van der Waals surface area (Å²) in [5, 5.41) is 4.32. The first-order valence-electron chi connectivity index (χ1n) is 6.23. The van der Waals surface area contributed by atoms with E-state index in [1.165, 1.54) is 15.8 Å². The molecule has 3 rings (SSSR count). The second-order valence-corrected chi connectivity index (χ2v) is 5.68. The smallest absolute Gasteiger partial charge is 0.184 e. The van der Waals surface area contributed by atoms with Gasteiger partial charge in [0.1, 0.15) is 0 Å². The van der Waals surface area contributed by atoms with Crippen molar-refractivity contribution in [2.24, 2.45) is 0 Å². The minimum absolute atomic E-state index is 0.756. The largest absolute Gasteiger partial charge is 0.357 e. The van der Waals surface area contributed by atoms with Gasteiger partial charge in [-0.25, -0.2) is 4.98 Å². The molecule has 0 bridgehead atoms. The summed E-state index contributed by atoms with van der Waals surface area (Å²) in [7, 11) is 0. The third kappa shape index (κ3) is 2.74. The van der Waals surface area contributed by atoms with Gasteiger partial charge in [0.2, 0.25) is 0 Å². The van der Waals surface area contributed by atoms with Crippen molar-refractivity contribution in [1.82, 2.24) is 9.97 Å². The molecule has 1 aromatic carbocycles. The van der Waals surface area contributed by atoms with Crippen LogP contribution in [0.3, 0.4) is 0 Å². The second kappa shape index (κ2) is 4.97. The van der Waals surface area contributed by atoms with Gasteiger partial charge < -0.3 is 5.32 Å². The molecule has 96 valence electrons. The Labute approximate surface area is 116 Å². The van der Waals surface area contributed by atoms with Crippen molar-refractivity contribution in [3.8, 4) is 0 Å². The van der Waals surface area contributed by atoms with E-state index in [4.69, 9.17) is 0 Å². The molecule has 0 amide bonds. The molecule has 0 aliphatic heterocycles. The molecule has 0 spiro atoms. The second-order valence-electron chi connectivity index (χ2n) is 4.65. The number of rotatable bonds is 3. The summed E-state index contributed by atoms with van der Waals surface area (Å²) in [6.45, 7) is 4.84. The van der Waals surface area contributed by atoms with Crippen molar-refractivity contribution in [3.63, 3.8) is 0 Å². The SMILES string of the molecule is Cc1ccc2sc(NCc3ccc(C)nc3)nc2c1. The molecule has 2 aromatic heterocycles. The van der Waals surface area contributed by atoms with Gasteiger partial charge in [0, 0.05) is 18.4 Å². The summed E-state index contributed by atoms with van der Waals surface area (Å²) in [5.74, 6) is 0. The summed E-state index contributed by atoms with van der Waals surface area (Å²) in [6, 6.07) is 10.5. The Morgan fingerprint density at radius 2 is 2.05 bits per heavy atom. The third-order valence-electron chi connectivity index (χ3n) is 2.96. The number of nitrogens with one attached hydrogen (secondary N) is 1. The van der Waals surface area contributed by atoms with E-state index in [9.17, 15) is 0 Å². The van der Waals surface area contributed by atoms with Gasteiger partial charge in [-0.05, 0) is 43.2 Å². The zero-order valence-electron chi connectivity index (χ0n) is 11.0. The Morgan fingerprint density at radius 1 is 1.16 bits per heavy atom. The Bertz CT molecular complexity index is 701. The first-order chi connectivity index (χ1) is 9.20. The summed E-state index contributed by atoms with van der Waals surface area (Å²) >= 11 is 1.69. The predicted molar refractivity (Wildman–Crippen MR) is 80.7 cm³/mol.